The average molecular weight is 513 g/mol. The minimum Gasteiger partial charge on any atom is -0.507 e. The number of aliphatic hydroxyl groups excluding tert-OH is 1. The van der Waals surface area contributed by atoms with E-state index in [0.717, 1.165) is 28.0 Å². The zero-order chi connectivity index (χ0) is 27.6. The van der Waals surface area contributed by atoms with E-state index >= 15 is 0 Å². The van der Waals surface area contributed by atoms with Crippen molar-refractivity contribution >= 4 is 17.4 Å². The van der Waals surface area contributed by atoms with Gasteiger partial charge in [-0.2, -0.15) is 0 Å². The summed E-state index contributed by atoms with van der Waals surface area (Å²) in [5.41, 5.74) is 4.04. The van der Waals surface area contributed by atoms with E-state index in [1.165, 1.54) is 4.90 Å². The molecule has 1 aliphatic heterocycles. The van der Waals surface area contributed by atoms with Crippen molar-refractivity contribution in [1.29, 1.82) is 0 Å². The molecule has 0 bridgehead atoms. The lowest BCUT2D eigenvalue weighted by atomic mass is 9.85. The zero-order valence-electron chi connectivity index (χ0n) is 23.0. The molecule has 0 unspecified atom stereocenters. The van der Waals surface area contributed by atoms with Crippen molar-refractivity contribution in [2.75, 3.05) is 6.61 Å². The molecule has 1 fully saturated rings. The highest BCUT2D eigenvalue weighted by Crippen LogP contribution is 2.41. The molecule has 1 amide bonds. The summed E-state index contributed by atoms with van der Waals surface area (Å²) in [7, 11) is 0. The van der Waals surface area contributed by atoms with Crippen molar-refractivity contribution < 1.29 is 19.4 Å². The Morgan fingerprint density at radius 2 is 1.79 bits per heavy atom. The summed E-state index contributed by atoms with van der Waals surface area (Å²) in [6, 6.07) is 16.2. The molecule has 1 saturated heterocycles. The van der Waals surface area contributed by atoms with E-state index in [4.69, 9.17) is 4.74 Å². The van der Waals surface area contributed by atoms with E-state index in [-0.39, 0.29) is 23.3 Å². The number of ketones is 1. The number of hydrogen-bond donors (Lipinski definition) is 1. The molecule has 4 rings (SSSR count). The molecule has 6 nitrogen and oxygen atoms in total. The Balaban J connectivity index is 1.80. The molecule has 0 radical (unpaired) electrons. The van der Waals surface area contributed by atoms with Gasteiger partial charge in [0.05, 0.1) is 18.2 Å². The molecule has 6 heteroatoms. The van der Waals surface area contributed by atoms with Gasteiger partial charge in [0.25, 0.3) is 11.7 Å². The summed E-state index contributed by atoms with van der Waals surface area (Å²) in [5, 5.41) is 11.5. The molecule has 3 aromatic rings. The Hall–Kier alpha value is -3.93. The largest absolute Gasteiger partial charge is 0.507 e. The van der Waals surface area contributed by atoms with Crippen LogP contribution in [0.5, 0.6) is 5.75 Å². The third kappa shape index (κ3) is 5.64. The van der Waals surface area contributed by atoms with Crippen molar-refractivity contribution in [3.63, 3.8) is 0 Å². The van der Waals surface area contributed by atoms with Crippen LogP contribution in [0.4, 0.5) is 0 Å². The summed E-state index contributed by atoms with van der Waals surface area (Å²) < 4.78 is 5.88. The lowest BCUT2D eigenvalue weighted by Gasteiger charge is -2.26. The standard InChI is InChI=1S/C32H36N2O4/c1-20(2)19-38-26-14-11-24(16-21(26)3)29(35)27-28(23-9-12-25(13-10-23)32(4,5)6)34(31(37)30(27)36)18-22-8-7-15-33-17-22/h7-17,20,28,35H,18-19H2,1-6H3/b29-27+/t28-/m0/s1. The first-order valence-electron chi connectivity index (χ1n) is 13.0. The van der Waals surface area contributed by atoms with Gasteiger partial charge in [0.2, 0.25) is 0 Å². The highest BCUT2D eigenvalue weighted by atomic mass is 16.5. The Bertz CT molecular complexity index is 1350. The fourth-order valence-electron chi connectivity index (χ4n) is 4.61. The van der Waals surface area contributed by atoms with Crippen LogP contribution in [0.25, 0.3) is 5.76 Å². The number of aliphatic hydroxyl groups is 1. The van der Waals surface area contributed by atoms with Crippen LogP contribution in [-0.4, -0.2) is 33.3 Å². The lowest BCUT2D eigenvalue weighted by molar-refractivity contribution is -0.140. The van der Waals surface area contributed by atoms with Gasteiger partial charge in [-0.15, -0.1) is 0 Å². The fourth-order valence-corrected chi connectivity index (χ4v) is 4.61. The van der Waals surface area contributed by atoms with E-state index in [2.05, 4.69) is 39.6 Å². The smallest absolute Gasteiger partial charge is 0.295 e. The van der Waals surface area contributed by atoms with Crippen molar-refractivity contribution in [3.8, 4) is 5.75 Å². The van der Waals surface area contributed by atoms with Crippen LogP contribution in [-0.2, 0) is 21.5 Å². The molecule has 198 valence electrons. The first-order valence-corrected chi connectivity index (χ1v) is 13.0. The van der Waals surface area contributed by atoms with Crippen molar-refractivity contribution in [2.45, 2.75) is 59.5 Å². The number of nitrogens with zero attached hydrogens (tertiary/aromatic N) is 2. The van der Waals surface area contributed by atoms with Gasteiger partial charge in [-0.3, -0.25) is 14.6 Å². The van der Waals surface area contributed by atoms with Crippen molar-refractivity contribution in [1.82, 2.24) is 9.88 Å². The normalized spacial score (nSPS) is 17.3. The van der Waals surface area contributed by atoms with Crippen LogP contribution in [0, 0.1) is 12.8 Å². The number of hydrogen-bond acceptors (Lipinski definition) is 5. The molecule has 0 aliphatic carbocycles. The second kappa shape index (κ2) is 10.8. The summed E-state index contributed by atoms with van der Waals surface area (Å²) in [5.74, 6) is -0.437. The van der Waals surface area contributed by atoms with Crippen LogP contribution in [0.15, 0.2) is 72.6 Å². The van der Waals surface area contributed by atoms with Crippen LogP contribution in [0.1, 0.15) is 68.5 Å². The molecule has 2 heterocycles. The van der Waals surface area contributed by atoms with Crippen LogP contribution in [0.2, 0.25) is 0 Å². The average Bonchev–Trinajstić information content (AvgIpc) is 3.12. The van der Waals surface area contributed by atoms with Gasteiger partial charge < -0.3 is 14.7 Å². The number of carbonyl (C=O) groups excluding carboxylic acids is 2. The number of pyridine rings is 1. The first kappa shape index (κ1) is 27.1. The highest BCUT2D eigenvalue weighted by molar-refractivity contribution is 6.46. The maximum Gasteiger partial charge on any atom is 0.295 e. The van der Waals surface area contributed by atoms with Crippen LogP contribution < -0.4 is 4.74 Å². The Kier molecular flexibility index (Phi) is 7.72. The van der Waals surface area contributed by atoms with Crippen molar-refractivity contribution in [2.24, 2.45) is 5.92 Å². The maximum absolute atomic E-state index is 13.4. The third-order valence-electron chi connectivity index (χ3n) is 6.73. The van der Waals surface area contributed by atoms with E-state index in [1.807, 2.05) is 37.3 Å². The molecule has 1 N–H and O–H groups in total. The highest BCUT2D eigenvalue weighted by Gasteiger charge is 2.46. The van der Waals surface area contributed by atoms with Crippen molar-refractivity contribution in [3.05, 3.63) is 100 Å². The summed E-state index contributed by atoms with van der Waals surface area (Å²) in [4.78, 5) is 32.4. The minimum atomic E-state index is -0.735. The number of rotatable bonds is 7. The number of aromatic nitrogens is 1. The first-order chi connectivity index (χ1) is 18.0. The molecule has 1 atom stereocenters. The number of carbonyl (C=O) groups is 2. The predicted octanol–water partition coefficient (Wildman–Crippen LogP) is 6.34. The van der Waals surface area contributed by atoms with Gasteiger partial charge in [0.15, 0.2) is 0 Å². The number of Topliss-reactive ketones (excluding diaryl/α,β-unsaturated/α-hetero) is 1. The molecule has 2 aromatic carbocycles. The van der Waals surface area contributed by atoms with E-state index < -0.39 is 17.7 Å². The molecule has 0 saturated carbocycles. The number of likely N-dealkylation sites (tertiary alicyclic amines) is 1. The zero-order valence-corrected chi connectivity index (χ0v) is 23.0. The monoisotopic (exact) mass is 512 g/mol. The van der Waals surface area contributed by atoms with E-state index in [0.29, 0.717) is 18.1 Å². The van der Waals surface area contributed by atoms with Gasteiger partial charge in [-0.25, -0.2) is 0 Å². The molecule has 38 heavy (non-hydrogen) atoms. The molecular formula is C32H36N2O4. The SMILES string of the molecule is Cc1cc(/C(O)=C2\C(=O)C(=O)N(Cc3cccnc3)[C@H]2c2ccc(C(C)(C)C)cc2)ccc1OCC(C)C. The Morgan fingerprint density at radius 1 is 1.08 bits per heavy atom. The number of ether oxygens (including phenoxy) is 1. The van der Waals surface area contributed by atoms with E-state index in [1.54, 1.807) is 36.7 Å². The second-order valence-electron chi connectivity index (χ2n) is 11.3. The Labute approximate surface area is 225 Å². The van der Waals surface area contributed by atoms with Crippen LogP contribution in [0.3, 0.4) is 0 Å². The van der Waals surface area contributed by atoms with Crippen LogP contribution >= 0.6 is 0 Å². The summed E-state index contributed by atoms with van der Waals surface area (Å²) in [6.07, 6.45) is 3.34. The van der Waals surface area contributed by atoms with Gasteiger partial charge >= 0.3 is 0 Å². The van der Waals surface area contributed by atoms with Gasteiger partial charge in [0.1, 0.15) is 11.5 Å². The van der Waals surface area contributed by atoms with Gasteiger partial charge in [-0.05, 0) is 64.8 Å². The van der Waals surface area contributed by atoms with Gasteiger partial charge in [0, 0.05) is 24.5 Å². The summed E-state index contributed by atoms with van der Waals surface area (Å²) >= 11 is 0. The lowest BCUT2D eigenvalue weighted by Crippen LogP contribution is -2.29. The topological polar surface area (TPSA) is 79.7 Å². The predicted molar refractivity (Wildman–Crippen MR) is 149 cm³/mol. The maximum atomic E-state index is 13.4. The molecule has 0 spiro atoms. The second-order valence-corrected chi connectivity index (χ2v) is 11.3. The molecule has 1 aromatic heterocycles. The number of amides is 1. The quantitative estimate of drug-likeness (QED) is 0.227. The molecular weight excluding hydrogens is 476 g/mol. The van der Waals surface area contributed by atoms with Gasteiger partial charge in [-0.1, -0.05) is 65.0 Å². The minimum absolute atomic E-state index is 0.0486. The summed E-state index contributed by atoms with van der Waals surface area (Å²) in [6.45, 7) is 13.2. The number of aryl methyl sites for hydroxylation is 1. The number of benzene rings is 2. The van der Waals surface area contributed by atoms with E-state index in [9.17, 15) is 14.7 Å². The fraction of sp³-hybridized carbons (Fsp3) is 0.344. The molecule has 1 aliphatic rings. The third-order valence-corrected chi connectivity index (χ3v) is 6.73. The Morgan fingerprint density at radius 3 is 2.37 bits per heavy atom.